The van der Waals surface area contributed by atoms with E-state index >= 15 is 0 Å². The van der Waals surface area contributed by atoms with Gasteiger partial charge in [0.1, 0.15) is 18.9 Å². The number of hydrogen-bond acceptors (Lipinski definition) is 5. The maximum Gasteiger partial charge on any atom is 0.326 e. The summed E-state index contributed by atoms with van der Waals surface area (Å²) in [7, 11) is 0. The van der Waals surface area contributed by atoms with Crippen LogP contribution < -0.4 is 0 Å². The van der Waals surface area contributed by atoms with Crippen molar-refractivity contribution in [3.8, 4) is 0 Å². The average molecular weight is 293 g/mol. The molecule has 0 bridgehead atoms. The van der Waals surface area contributed by atoms with Gasteiger partial charge in [0.15, 0.2) is 0 Å². The molecule has 8 heteroatoms. The van der Waals surface area contributed by atoms with E-state index < -0.39 is 12.0 Å². The van der Waals surface area contributed by atoms with Crippen molar-refractivity contribution in [2.45, 2.75) is 57.2 Å². The molecule has 0 aromatic carbocycles. The largest absolute Gasteiger partial charge is 0.480 e. The van der Waals surface area contributed by atoms with Gasteiger partial charge in [0.2, 0.25) is 5.91 Å². The predicted molar refractivity (Wildman–Crippen MR) is 71.1 cm³/mol. The van der Waals surface area contributed by atoms with Crippen LogP contribution in [0.2, 0.25) is 0 Å². The summed E-state index contributed by atoms with van der Waals surface area (Å²) in [4.78, 5) is 25.7. The summed E-state index contributed by atoms with van der Waals surface area (Å²) in [6.45, 7) is -0.000000000000000222. The molecule has 8 nitrogen and oxygen atoms in total. The highest BCUT2D eigenvalue weighted by molar-refractivity contribution is 5.84. The summed E-state index contributed by atoms with van der Waals surface area (Å²) < 4.78 is 1.34. The number of hydrogen-bond donors (Lipinski definition) is 1. The quantitative estimate of drug-likeness (QED) is 0.860. The minimum Gasteiger partial charge on any atom is -0.480 e. The van der Waals surface area contributed by atoms with E-state index in [0.717, 1.165) is 25.7 Å². The molecule has 3 atom stereocenters. The maximum absolute atomic E-state index is 12.6. The number of likely N-dealkylation sites (tertiary alicyclic amines) is 1. The van der Waals surface area contributed by atoms with Gasteiger partial charge in [0.25, 0.3) is 0 Å². The van der Waals surface area contributed by atoms with Crippen molar-refractivity contribution < 1.29 is 14.7 Å². The van der Waals surface area contributed by atoms with Crippen LogP contribution in [0.5, 0.6) is 0 Å². The fourth-order valence-corrected chi connectivity index (χ4v) is 3.71. The molecule has 1 aromatic rings. The van der Waals surface area contributed by atoms with E-state index in [1.807, 2.05) is 0 Å². The second kappa shape index (κ2) is 5.79. The number of nitrogens with zero attached hydrogens (tertiary/aromatic N) is 5. The molecule has 3 unspecified atom stereocenters. The molecule has 1 aromatic heterocycles. The number of fused-ring (bicyclic) bond motifs is 1. The molecule has 2 aliphatic rings. The summed E-state index contributed by atoms with van der Waals surface area (Å²) in [5, 5.41) is 20.1. The molecule has 0 radical (unpaired) electrons. The van der Waals surface area contributed by atoms with E-state index in [4.69, 9.17) is 0 Å². The number of tetrazole rings is 1. The smallest absolute Gasteiger partial charge is 0.326 e. The maximum atomic E-state index is 12.6. The van der Waals surface area contributed by atoms with Gasteiger partial charge in [-0.2, -0.15) is 0 Å². The zero-order valence-electron chi connectivity index (χ0n) is 11.8. The Labute approximate surface area is 122 Å². The van der Waals surface area contributed by atoms with Crippen molar-refractivity contribution in [2.75, 3.05) is 0 Å². The Bertz CT molecular complexity index is 518. The minimum absolute atomic E-state index is 0.000000000000000222. The Hall–Kier alpha value is -1.99. The van der Waals surface area contributed by atoms with Gasteiger partial charge in [-0.3, -0.25) is 4.79 Å². The first-order valence-electron chi connectivity index (χ1n) is 7.41. The topological polar surface area (TPSA) is 101 Å². The Balaban J connectivity index is 1.81. The molecule has 1 amide bonds. The number of carboxylic acids is 1. The van der Waals surface area contributed by atoms with Gasteiger partial charge in [-0.15, -0.1) is 5.10 Å². The number of aromatic nitrogens is 4. The van der Waals surface area contributed by atoms with Crippen molar-refractivity contribution in [1.82, 2.24) is 25.1 Å². The number of aliphatic carboxylic acids is 1. The zero-order valence-corrected chi connectivity index (χ0v) is 11.8. The van der Waals surface area contributed by atoms with E-state index in [1.165, 1.54) is 17.4 Å². The summed E-state index contributed by atoms with van der Waals surface area (Å²) in [5.74, 6) is -0.678. The first-order valence-corrected chi connectivity index (χ1v) is 7.41. The normalized spacial score (nSPS) is 29.0. The lowest BCUT2D eigenvalue weighted by atomic mass is 9.76. The van der Waals surface area contributed by atoms with Gasteiger partial charge in [-0.1, -0.05) is 12.8 Å². The predicted octanol–water partition coefficient (Wildman–Crippen LogP) is 0.307. The van der Waals surface area contributed by atoms with Gasteiger partial charge in [-0.05, 0) is 42.0 Å². The van der Waals surface area contributed by atoms with Crippen LogP contribution in [-0.2, 0) is 16.1 Å². The average Bonchev–Trinajstić information content (AvgIpc) is 2.98. The SMILES string of the molecule is O=C(O)C1CCC2CCCCC2N1C(=O)Cn1cnnn1. The molecule has 1 saturated carbocycles. The van der Waals surface area contributed by atoms with E-state index in [2.05, 4.69) is 15.5 Å². The summed E-state index contributed by atoms with van der Waals surface area (Å²) in [6.07, 6.45) is 7.03. The van der Waals surface area contributed by atoms with Crippen molar-refractivity contribution in [3.63, 3.8) is 0 Å². The lowest BCUT2D eigenvalue weighted by Gasteiger charge is -2.47. The van der Waals surface area contributed by atoms with Crippen molar-refractivity contribution in [3.05, 3.63) is 6.33 Å². The van der Waals surface area contributed by atoms with E-state index in [1.54, 1.807) is 4.90 Å². The van der Waals surface area contributed by atoms with Crippen molar-refractivity contribution in [1.29, 1.82) is 0 Å². The third-order valence-electron chi connectivity index (χ3n) is 4.63. The van der Waals surface area contributed by atoms with Gasteiger partial charge >= 0.3 is 5.97 Å². The van der Waals surface area contributed by atoms with E-state index in [-0.39, 0.29) is 18.5 Å². The molecule has 0 spiro atoms. The summed E-state index contributed by atoms with van der Waals surface area (Å²) in [6, 6.07) is -0.661. The molecule has 21 heavy (non-hydrogen) atoms. The number of carbonyl (C=O) groups excluding carboxylic acids is 1. The van der Waals surface area contributed by atoms with Crippen LogP contribution in [0.4, 0.5) is 0 Å². The van der Waals surface area contributed by atoms with Crippen LogP contribution in [0.3, 0.4) is 0 Å². The first-order chi connectivity index (χ1) is 10.2. The van der Waals surface area contributed by atoms with E-state index in [9.17, 15) is 14.7 Å². The first kappa shape index (κ1) is 14.0. The van der Waals surface area contributed by atoms with Crippen LogP contribution in [0.15, 0.2) is 6.33 Å². The fraction of sp³-hybridized carbons (Fsp3) is 0.769. The molecular formula is C13H19N5O3. The number of amides is 1. The molecule has 1 saturated heterocycles. The monoisotopic (exact) mass is 293 g/mol. The Morgan fingerprint density at radius 2 is 2.00 bits per heavy atom. The highest BCUT2D eigenvalue weighted by Crippen LogP contribution is 2.38. The van der Waals surface area contributed by atoms with Crippen LogP contribution in [-0.4, -0.2) is 54.2 Å². The van der Waals surface area contributed by atoms with Crippen LogP contribution in [0.1, 0.15) is 38.5 Å². The van der Waals surface area contributed by atoms with E-state index in [0.29, 0.717) is 12.3 Å². The number of rotatable bonds is 3. The number of carbonyl (C=O) groups is 2. The van der Waals surface area contributed by atoms with Gasteiger partial charge in [-0.25, -0.2) is 9.48 Å². The summed E-state index contributed by atoms with van der Waals surface area (Å²) in [5.41, 5.74) is 0. The highest BCUT2D eigenvalue weighted by Gasteiger charge is 2.43. The number of carboxylic acid groups (broad SMARTS) is 1. The van der Waals surface area contributed by atoms with Crippen molar-refractivity contribution in [2.24, 2.45) is 5.92 Å². The molecule has 2 heterocycles. The highest BCUT2D eigenvalue weighted by atomic mass is 16.4. The molecule has 114 valence electrons. The Kier molecular flexibility index (Phi) is 3.85. The molecular weight excluding hydrogens is 274 g/mol. The van der Waals surface area contributed by atoms with Gasteiger partial charge in [0, 0.05) is 6.04 Å². The number of piperidine rings is 1. The lowest BCUT2D eigenvalue weighted by molar-refractivity contribution is -0.158. The van der Waals surface area contributed by atoms with Gasteiger partial charge < -0.3 is 10.0 Å². The Morgan fingerprint density at radius 1 is 1.19 bits per heavy atom. The van der Waals surface area contributed by atoms with Crippen LogP contribution in [0.25, 0.3) is 0 Å². The fourth-order valence-electron chi connectivity index (χ4n) is 3.71. The molecule has 3 rings (SSSR count). The molecule has 2 fully saturated rings. The standard InChI is InChI=1S/C13H19N5O3/c19-12(7-17-8-14-15-16-17)18-10-4-2-1-3-9(10)5-6-11(18)13(20)21/h8-11H,1-7H2,(H,20,21). The molecule has 1 N–H and O–H groups in total. The second-order valence-corrected chi connectivity index (χ2v) is 5.85. The lowest BCUT2D eigenvalue weighted by Crippen LogP contribution is -2.58. The second-order valence-electron chi connectivity index (χ2n) is 5.85. The van der Waals surface area contributed by atoms with Crippen LogP contribution in [0, 0.1) is 5.92 Å². The van der Waals surface area contributed by atoms with Gasteiger partial charge in [0.05, 0.1) is 0 Å². The molecule has 1 aliphatic carbocycles. The van der Waals surface area contributed by atoms with Crippen molar-refractivity contribution >= 4 is 11.9 Å². The minimum atomic E-state index is -0.913. The summed E-state index contributed by atoms with van der Waals surface area (Å²) >= 11 is 0. The van der Waals surface area contributed by atoms with Crippen LogP contribution >= 0.6 is 0 Å². The third-order valence-corrected chi connectivity index (χ3v) is 4.63. The molecule has 1 aliphatic heterocycles. The zero-order chi connectivity index (χ0) is 14.8. The third kappa shape index (κ3) is 2.74. The Morgan fingerprint density at radius 3 is 2.71 bits per heavy atom.